The summed E-state index contributed by atoms with van der Waals surface area (Å²) in [5, 5.41) is 16.2. The molecule has 2 aromatic carbocycles. The van der Waals surface area contributed by atoms with Crippen molar-refractivity contribution in [3.8, 4) is 16.9 Å². The monoisotopic (exact) mass is 407 g/mol. The first-order valence-electron chi connectivity index (χ1n) is 8.91. The standard InChI is InChI=1S/C21H18ClN5O2/c1-12-8-9-14(10-17(12)22)24-21(28)19-13(2)27-20(26-25-19)16(11-23-27)15-6-4-5-7-18(15)29-3/h4-11H,1-3H3,(H,24,28). The number of ether oxygens (including phenoxy) is 1. The van der Waals surface area contributed by atoms with Gasteiger partial charge in [-0.2, -0.15) is 5.10 Å². The minimum Gasteiger partial charge on any atom is -0.496 e. The minimum absolute atomic E-state index is 0.184. The molecule has 146 valence electrons. The summed E-state index contributed by atoms with van der Waals surface area (Å²) in [5.41, 5.74) is 4.45. The molecule has 0 unspecified atom stereocenters. The first-order chi connectivity index (χ1) is 14.0. The number of benzene rings is 2. The van der Waals surface area contributed by atoms with E-state index in [0.29, 0.717) is 27.8 Å². The maximum Gasteiger partial charge on any atom is 0.278 e. The fraction of sp³-hybridized carbons (Fsp3) is 0.143. The average Bonchev–Trinajstić information content (AvgIpc) is 3.15. The maximum atomic E-state index is 12.7. The minimum atomic E-state index is -0.383. The van der Waals surface area contributed by atoms with Gasteiger partial charge in [-0.05, 0) is 37.6 Å². The van der Waals surface area contributed by atoms with E-state index in [-0.39, 0.29) is 11.6 Å². The van der Waals surface area contributed by atoms with Crippen LogP contribution in [0.3, 0.4) is 0 Å². The van der Waals surface area contributed by atoms with Gasteiger partial charge in [-0.15, -0.1) is 10.2 Å². The number of fused-ring (bicyclic) bond motifs is 1. The average molecular weight is 408 g/mol. The van der Waals surface area contributed by atoms with Gasteiger partial charge in [0.1, 0.15) is 5.75 Å². The molecule has 8 heteroatoms. The van der Waals surface area contributed by atoms with Crippen molar-refractivity contribution in [1.82, 2.24) is 19.8 Å². The molecule has 4 aromatic rings. The summed E-state index contributed by atoms with van der Waals surface area (Å²) < 4.78 is 7.04. The van der Waals surface area contributed by atoms with Gasteiger partial charge in [0.15, 0.2) is 11.3 Å². The number of amides is 1. The van der Waals surface area contributed by atoms with Crippen molar-refractivity contribution in [3.05, 3.63) is 70.6 Å². The third kappa shape index (κ3) is 3.40. The van der Waals surface area contributed by atoms with E-state index in [2.05, 4.69) is 20.6 Å². The van der Waals surface area contributed by atoms with Crippen LogP contribution in [-0.4, -0.2) is 32.8 Å². The van der Waals surface area contributed by atoms with Crippen molar-refractivity contribution in [3.63, 3.8) is 0 Å². The third-order valence-corrected chi connectivity index (χ3v) is 5.10. The van der Waals surface area contributed by atoms with Gasteiger partial charge in [0.25, 0.3) is 5.91 Å². The maximum absolute atomic E-state index is 12.7. The number of halogens is 1. The highest BCUT2D eigenvalue weighted by Gasteiger charge is 2.19. The van der Waals surface area contributed by atoms with E-state index >= 15 is 0 Å². The van der Waals surface area contributed by atoms with Gasteiger partial charge in [0.05, 0.1) is 24.6 Å². The fourth-order valence-electron chi connectivity index (χ4n) is 3.08. The summed E-state index contributed by atoms with van der Waals surface area (Å²) in [7, 11) is 1.61. The number of para-hydroxylation sites is 1. The number of nitrogens with zero attached hydrogens (tertiary/aromatic N) is 4. The van der Waals surface area contributed by atoms with Crippen molar-refractivity contribution in [1.29, 1.82) is 0 Å². The van der Waals surface area contributed by atoms with Gasteiger partial charge in [-0.25, -0.2) is 4.52 Å². The van der Waals surface area contributed by atoms with Crippen molar-refractivity contribution in [2.75, 3.05) is 12.4 Å². The first kappa shape index (κ1) is 18.9. The molecule has 0 aliphatic rings. The Kier molecular flexibility index (Phi) is 4.90. The lowest BCUT2D eigenvalue weighted by molar-refractivity contribution is 0.102. The fourth-order valence-corrected chi connectivity index (χ4v) is 3.26. The molecule has 0 saturated heterocycles. The Balaban J connectivity index is 1.71. The molecule has 0 bridgehead atoms. The second-order valence-electron chi connectivity index (χ2n) is 6.55. The lowest BCUT2D eigenvalue weighted by Crippen LogP contribution is -2.18. The number of hydrogen-bond acceptors (Lipinski definition) is 5. The van der Waals surface area contributed by atoms with Crippen LogP contribution in [0.1, 0.15) is 21.7 Å². The van der Waals surface area contributed by atoms with Gasteiger partial charge in [0, 0.05) is 16.3 Å². The molecule has 0 radical (unpaired) electrons. The molecule has 4 rings (SSSR count). The van der Waals surface area contributed by atoms with Crippen LogP contribution in [0, 0.1) is 13.8 Å². The van der Waals surface area contributed by atoms with Crippen LogP contribution in [0.15, 0.2) is 48.7 Å². The van der Waals surface area contributed by atoms with E-state index in [4.69, 9.17) is 16.3 Å². The molecular weight excluding hydrogens is 390 g/mol. The van der Waals surface area contributed by atoms with Crippen molar-refractivity contribution in [2.24, 2.45) is 0 Å². The Labute approximate surface area is 172 Å². The van der Waals surface area contributed by atoms with E-state index < -0.39 is 0 Å². The van der Waals surface area contributed by atoms with E-state index in [9.17, 15) is 4.79 Å². The first-order valence-corrected chi connectivity index (χ1v) is 9.29. The van der Waals surface area contributed by atoms with Gasteiger partial charge < -0.3 is 10.1 Å². The second kappa shape index (κ2) is 7.52. The summed E-state index contributed by atoms with van der Waals surface area (Å²) >= 11 is 6.13. The van der Waals surface area contributed by atoms with Crippen LogP contribution in [0.2, 0.25) is 5.02 Å². The Morgan fingerprint density at radius 1 is 1.10 bits per heavy atom. The molecule has 0 aliphatic carbocycles. The molecule has 0 spiro atoms. The van der Waals surface area contributed by atoms with Gasteiger partial charge in [-0.1, -0.05) is 35.9 Å². The molecule has 0 saturated carbocycles. The quantitative estimate of drug-likeness (QED) is 0.544. The molecule has 0 atom stereocenters. The zero-order valence-corrected chi connectivity index (χ0v) is 16.9. The van der Waals surface area contributed by atoms with Crippen LogP contribution in [0.4, 0.5) is 5.69 Å². The highest BCUT2D eigenvalue weighted by atomic mass is 35.5. The number of carbonyl (C=O) groups excluding carboxylic acids is 1. The highest BCUT2D eigenvalue weighted by molar-refractivity contribution is 6.31. The highest BCUT2D eigenvalue weighted by Crippen LogP contribution is 2.32. The Morgan fingerprint density at radius 2 is 1.90 bits per heavy atom. The smallest absolute Gasteiger partial charge is 0.278 e. The second-order valence-corrected chi connectivity index (χ2v) is 6.95. The van der Waals surface area contributed by atoms with Gasteiger partial charge in [0.2, 0.25) is 0 Å². The molecule has 1 amide bonds. The normalized spacial score (nSPS) is 10.9. The zero-order chi connectivity index (χ0) is 20.5. The Bertz CT molecular complexity index is 1240. The van der Waals surface area contributed by atoms with Gasteiger partial charge in [-0.3, -0.25) is 4.79 Å². The number of methoxy groups -OCH3 is 1. The lowest BCUT2D eigenvalue weighted by Gasteiger charge is -2.09. The molecule has 2 aromatic heterocycles. The molecule has 2 heterocycles. The number of anilines is 1. The van der Waals surface area contributed by atoms with Gasteiger partial charge >= 0.3 is 0 Å². The molecule has 0 fully saturated rings. The molecular formula is C21H18ClN5O2. The predicted octanol–water partition coefficient (Wildman–Crippen LogP) is 4.32. The van der Waals surface area contributed by atoms with Crippen molar-refractivity contribution in [2.45, 2.75) is 13.8 Å². The zero-order valence-electron chi connectivity index (χ0n) is 16.1. The number of nitrogens with one attached hydrogen (secondary N) is 1. The summed E-state index contributed by atoms with van der Waals surface area (Å²) in [6, 6.07) is 12.9. The SMILES string of the molecule is COc1ccccc1-c1cnn2c(C)c(C(=O)Nc3ccc(C)c(Cl)c3)nnc12. The summed E-state index contributed by atoms with van der Waals surface area (Å²) in [5.74, 6) is 0.325. The summed E-state index contributed by atoms with van der Waals surface area (Å²) in [6.45, 7) is 3.67. The number of rotatable bonds is 4. The van der Waals surface area contributed by atoms with Crippen LogP contribution < -0.4 is 10.1 Å². The molecule has 29 heavy (non-hydrogen) atoms. The van der Waals surface area contributed by atoms with Crippen molar-refractivity contribution < 1.29 is 9.53 Å². The van der Waals surface area contributed by atoms with E-state index in [1.807, 2.05) is 37.3 Å². The molecule has 1 N–H and O–H groups in total. The van der Waals surface area contributed by atoms with E-state index in [1.54, 1.807) is 36.9 Å². The number of aryl methyl sites for hydroxylation is 2. The lowest BCUT2D eigenvalue weighted by atomic mass is 10.1. The Morgan fingerprint density at radius 3 is 2.66 bits per heavy atom. The van der Waals surface area contributed by atoms with Crippen molar-refractivity contribution >= 4 is 28.8 Å². The van der Waals surface area contributed by atoms with Crippen LogP contribution in [0.5, 0.6) is 5.75 Å². The molecule has 7 nitrogen and oxygen atoms in total. The van der Waals surface area contributed by atoms with E-state index in [0.717, 1.165) is 16.7 Å². The summed E-state index contributed by atoms with van der Waals surface area (Å²) in [6.07, 6.45) is 1.69. The number of carbonyl (C=O) groups is 1. The van der Waals surface area contributed by atoms with Crippen LogP contribution in [-0.2, 0) is 0 Å². The largest absolute Gasteiger partial charge is 0.496 e. The third-order valence-electron chi connectivity index (χ3n) is 4.69. The number of hydrogen-bond donors (Lipinski definition) is 1. The van der Waals surface area contributed by atoms with Crippen LogP contribution in [0.25, 0.3) is 16.8 Å². The predicted molar refractivity (Wildman–Crippen MR) is 112 cm³/mol. The Hall–Kier alpha value is -3.45. The molecule has 0 aliphatic heterocycles. The van der Waals surface area contributed by atoms with Crippen LogP contribution >= 0.6 is 11.6 Å². The topological polar surface area (TPSA) is 81.4 Å². The summed E-state index contributed by atoms with van der Waals surface area (Å²) in [4.78, 5) is 12.7. The number of aromatic nitrogens is 4. The van der Waals surface area contributed by atoms with E-state index in [1.165, 1.54) is 0 Å².